The van der Waals surface area contributed by atoms with Crippen LogP contribution in [0.5, 0.6) is 0 Å². The highest BCUT2D eigenvalue weighted by molar-refractivity contribution is 5.14. The van der Waals surface area contributed by atoms with E-state index in [0.717, 1.165) is 6.54 Å². The van der Waals surface area contributed by atoms with Crippen molar-refractivity contribution in [1.82, 2.24) is 10.2 Å². The van der Waals surface area contributed by atoms with E-state index in [9.17, 15) is 0 Å². The molecule has 0 aliphatic carbocycles. The molecule has 2 nitrogen and oxygen atoms in total. The summed E-state index contributed by atoms with van der Waals surface area (Å²) in [7, 11) is 0. The minimum atomic E-state index is 0.711. The Morgan fingerprint density at radius 3 is 2.39 bits per heavy atom. The van der Waals surface area contributed by atoms with Crippen molar-refractivity contribution >= 4 is 0 Å². The molecule has 1 saturated heterocycles. The molecule has 0 bridgehead atoms. The average Bonchev–Trinajstić information content (AvgIpc) is 3.01. The first-order chi connectivity index (χ1) is 11.4. The molecule has 1 unspecified atom stereocenters. The Hall–Kier alpha value is -0.860. The third-order valence-electron chi connectivity index (χ3n) is 4.98. The van der Waals surface area contributed by atoms with Crippen LogP contribution < -0.4 is 5.32 Å². The van der Waals surface area contributed by atoms with Gasteiger partial charge in [-0.1, -0.05) is 82.2 Å². The number of benzene rings is 1. The molecular weight excluding hydrogens is 280 g/mol. The highest BCUT2D eigenvalue weighted by Gasteiger charge is 2.21. The van der Waals surface area contributed by atoms with Gasteiger partial charge in [-0.05, 0) is 24.9 Å². The van der Waals surface area contributed by atoms with E-state index in [0.29, 0.717) is 6.04 Å². The summed E-state index contributed by atoms with van der Waals surface area (Å²) in [6.07, 6.45) is 12.6. The Bertz CT molecular complexity index is 390. The zero-order valence-electron chi connectivity index (χ0n) is 15.1. The van der Waals surface area contributed by atoms with Crippen LogP contribution in [0.1, 0.15) is 70.3 Å². The van der Waals surface area contributed by atoms with Crippen LogP contribution in [-0.4, -0.2) is 30.6 Å². The average molecular weight is 317 g/mol. The van der Waals surface area contributed by atoms with E-state index in [1.165, 1.54) is 83.0 Å². The number of likely N-dealkylation sites (tertiary alicyclic amines) is 1. The minimum absolute atomic E-state index is 0.711. The summed E-state index contributed by atoms with van der Waals surface area (Å²) < 4.78 is 0. The van der Waals surface area contributed by atoms with E-state index >= 15 is 0 Å². The lowest BCUT2D eigenvalue weighted by molar-refractivity contribution is 0.320. The van der Waals surface area contributed by atoms with Crippen molar-refractivity contribution in [3.8, 4) is 0 Å². The lowest BCUT2D eigenvalue weighted by atomic mass is 10.1. The molecule has 1 aliphatic heterocycles. The van der Waals surface area contributed by atoms with Gasteiger partial charge in [0.2, 0.25) is 0 Å². The van der Waals surface area contributed by atoms with E-state index < -0.39 is 0 Å². The molecule has 1 atom stereocenters. The molecule has 1 aromatic carbocycles. The first-order valence-corrected chi connectivity index (χ1v) is 9.88. The number of nitrogens with zero attached hydrogens (tertiary/aromatic N) is 1. The van der Waals surface area contributed by atoms with Crippen LogP contribution in [0.4, 0.5) is 0 Å². The van der Waals surface area contributed by atoms with Gasteiger partial charge in [0.25, 0.3) is 0 Å². The van der Waals surface area contributed by atoms with E-state index in [-0.39, 0.29) is 0 Å². The second kappa shape index (κ2) is 11.6. The third-order valence-corrected chi connectivity index (χ3v) is 4.98. The summed E-state index contributed by atoms with van der Waals surface area (Å²) in [5, 5.41) is 3.77. The Kier molecular flexibility index (Phi) is 9.35. The lowest BCUT2D eigenvalue weighted by Gasteiger charge is -2.16. The van der Waals surface area contributed by atoms with Crippen LogP contribution in [0, 0.1) is 0 Å². The van der Waals surface area contributed by atoms with Crippen LogP contribution >= 0.6 is 0 Å². The number of hydrogen-bond acceptors (Lipinski definition) is 2. The molecule has 1 fully saturated rings. The fraction of sp³-hybridized carbons (Fsp3) is 0.714. The fourth-order valence-corrected chi connectivity index (χ4v) is 3.55. The summed E-state index contributed by atoms with van der Waals surface area (Å²) >= 11 is 0. The molecule has 1 aromatic rings. The zero-order chi connectivity index (χ0) is 16.2. The Balaban J connectivity index is 1.45. The molecule has 1 heterocycles. The van der Waals surface area contributed by atoms with Crippen LogP contribution in [0.2, 0.25) is 0 Å². The van der Waals surface area contributed by atoms with E-state index in [1.54, 1.807) is 0 Å². The molecule has 2 heteroatoms. The van der Waals surface area contributed by atoms with Crippen molar-refractivity contribution in [2.75, 3.05) is 19.6 Å². The summed E-state index contributed by atoms with van der Waals surface area (Å²) in [5.74, 6) is 0. The third kappa shape index (κ3) is 7.99. The van der Waals surface area contributed by atoms with Gasteiger partial charge in [-0.2, -0.15) is 0 Å². The number of hydrogen-bond donors (Lipinski definition) is 1. The maximum absolute atomic E-state index is 3.77. The van der Waals surface area contributed by atoms with Gasteiger partial charge in [-0.3, -0.25) is 4.90 Å². The van der Waals surface area contributed by atoms with Crippen molar-refractivity contribution < 1.29 is 0 Å². The van der Waals surface area contributed by atoms with Crippen LogP contribution in [0.25, 0.3) is 0 Å². The van der Waals surface area contributed by atoms with Crippen molar-refractivity contribution in [2.45, 2.75) is 77.3 Å². The Morgan fingerprint density at radius 1 is 0.957 bits per heavy atom. The van der Waals surface area contributed by atoms with Crippen LogP contribution in [-0.2, 0) is 6.54 Å². The Morgan fingerprint density at radius 2 is 1.65 bits per heavy atom. The largest absolute Gasteiger partial charge is 0.313 e. The number of rotatable bonds is 12. The molecule has 2 rings (SSSR count). The highest BCUT2D eigenvalue weighted by atomic mass is 15.2. The molecule has 1 aliphatic rings. The number of nitrogens with one attached hydrogen (secondary N) is 1. The predicted octanol–water partition coefficient (Wildman–Crippen LogP) is 4.99. The van der Waals surface area contributed by atoms with E-state index in [1.807, 2.05) is 0 Å². The summed E-state index contributed by atoms with van der Waals surface area (Å²) in [5.41, 5.74) is 1.44. The molecular formula is C21H36N2. The smallest absolute Gasteiger partial charge is 0.0234 e. The monoisotopic (exact) mass is 316 g/mol. The first-order valence-electron chi connectivity index (χ1n) is 9.88. The standard InChI is InChI=1S/C21H36N2/c1-2-3-4-5-6-7-8-12-16-22-21-15-17-23(19-21)18-20-13-10-9-11-14-20/h9-11,13-14,21-22H,2-8,12,15-19H2,1H3. The van der Waals surface area contributed by atoms with Crippen molar-refractivity contribution in [2.24, 2.45) is 0 Å². The number of unbranched alkanes of at least 4 members (excludes halogenated alkanes) is 7. The fourth-order valence-electron chi connectivity index (χ4n) is 3.55. The molecule has 0 aromatic heterocycles. The Labute approximate surface area is 143 Å². The lowest BCUT2D eigenvalue weighted by Crippen LogP contribution is -2.33. The summed E-state index contributed by atoms with van der Waals surface area (Å²) in [6.45, 7) is 7.06. The summed E-state index contributed by atoms with van der Waals surface area (Å²) in [4.78, 5) is 2.58. The molecule has 0 spiro atoms. The summed E-state index contributed by atoms with van der Waals surface area (Å²) in [6, 6.07) is 11.6. The molecule has 130 valence electrons. The normalized spacial score (nSPS) is 18.6. The second-order valence-electron chi connectivity index (χ2n) is 7.14. The zero-order valence-corrected chi connectivity index (χ0v) is 15.1. The van der Waals surface area contributed by atoms with Gasteiger partial charge in [0.05, 0.1) is 0 Å². The van der Waals surface area contributed by atoms with Gasteiger partial charge in [-0.25, -0.2) is 0 Å². The van der Waals surface area contributed by atoms with Crippen molar-refractivity contribution in [1.29, 1.82) is 0 Å². The van der Waals surface area contributed by atoms with Crippen molar-refractivity contribution in [3.63, 3.8) is 0 Å². The van der Waals surface area contributed by atoms with Gasteiger partial charge in [0.15, 0.2) is 0 Å². The van der Waals surface area contributed by atoms with Crippen molar-refractivity contribution in [3.05, 3.63) is 35.9 Å². The van der Waals surface area contributed by atoms with E-state index in [4.69, 9.17) is 0 Å². The van der Waals surface area contributed by atoms with Gasteiger partial charge in [-0.15, -0.1) is 0 Å². The molecule has 0 saturated carbocycles. The van der Waals surface area contributed by atoms with Gasteiger partial charge in [0, 0.05) is 25.7 Å². The second-order valence-corrected chi connectivity index (χ2v) is 7.14. The van der Waals surface area contributed by atoms with E-state index in [2.05, 4.69) is 47.5 Å². The molecule has 0 amide bonds. The van der Waals surface area contributed by atoms with Crippen LogP contribution in [0.3, 0.4) is 0 Å². The minimum Gasteiger partial charge on any atom is -0.313 e. The predicted molar refractivity (Wildman–Crippen MR) is 101 cm³/mol. The maximum atomic E-state index is 3.77. The molecule has 0 radical (unpaired) electrons. The topological polar surface area (TPSA) is 15.3 Å². The van der Waals surface area contributed by atoms with Gasteiger partial charge < -0.3 is 5.32 Å². The SMILES string of the molecule is CCCCCCCCCCNC1CCN(Cc2ccccc2)C1. The molecule has 1 N–H and O–H groups in total. The maximum Gasteiger partial charge on any atom is 0.0234 e. The van der Waals surface area contributed by atoms with Gasteiger partial charge >= 0.3 is 0 Å². The first kappa shape index (κ1) is 18.5. The highest BCUT2D eigenvalue weighted by Crippen LogP contribution is 2.14. The van der Waals surface area contributed by atoms with Crippen LogP contribution in [0.15, 0.2) is 30.3 Å². The molecule has 23 heavy (non-hydrogen) atoms. The van der Waals surface area contributed by atoms with Gasteiger partial charge in [0.1, 0.15) is 0 Å². The quantitative estimate of drug-likeness (QED) is 0.546.